The van der Waals surface area contributed by atoms with E-state index in [9.17, 15) is 4.79 Å². The van der Waals surface area contributed by atoms with Gasteiger partial charge in [0.25, 0.3) is 0 Å². The van der Waals surface area contributed by atoms with E-state index in [1.165, 1.54) is 0 Å². The van der Waals surface area contributed by atoms with Crippen molar-refractivity contribution in [2.45, 2.75) is 52.5 Å². The molecule has 9 heteroatoms. The minimum absolute atomic E-state index is 0.104. The van der Waals surface area contributed by atoms with Crippen LogP contribution >= 0.6 is 0 Å². The summed E-state index contributed by atoms with van der Waals surface area (Å²) in [6.07, 6.45) is 4.56. The molecule has 4 heterocycles. The molecule has 1 atom stereocenters. The molecule has 0 radical (unpaired) electrons. The number of nitrogens with zero attached hydrogens (tertiary/aromatic N) is 6. The highest BCUT2D eigenvalue weighted by Crippen LogP contribution is 2.37. The van der Waals surface area contributed by atoms with Crippen LogP contribution in [0.15, 0.2) is 21.3 Å². The molecule has 1 unspecified atom stereocenters. The second-order valence-electron chi connectivity index (χ2n) is 8.24. The maximum absolute atomic E-state index is 13.2. The Morgan fingerprint density at radius 1 is 1.23 bits per heavy atom. The van der Waals surface area contributed by atoms with E-state index in [-0.39, 0.29) is 11.9 Å². The Bertz CT molecular complexity index is 1070. The predicted molar refractivity (Wildman–Crippen MR) is 115 cm³/mol. The summed E-state index contributed by atoms with van der Waals surface area (Å²) in [7, 11) is 3.80. The smallest absolute Gasteiger partial charge is 0.225 e. The zero-order chi connectivity index (χ0) is 22.1. The minimum atomic E-state index is -0.126. The molecule has 9 nitrogen and oxygen atoms in total. The van der Waals surface area contributed by atoms with Gasteiger partial charge < -0.3 is 18.8 Å². The molecule has 0 aromatic carbocycles. The molecule has 4 rings (SSSR count). The van der Waals surface area contributed by atoms with Gasteiger partial charge in [-0.1, -0.05) is 10.3 Å². The fraction of sp³-hybridized carbons (Fsp3) is 0.500. The summed E-state index contributed by atoms with van der Waals surface area (Å²) in [6.45, 7) is 6.38. The van der Waals surface area contributed by atoms with E-state index >= 15 is 0 Å². The van der Waals surface area contributed by atoms with E-state index in [1.54, 1.807) is 6.20 Å². The molecular weight excluding hydrogens is 396 g/mol. The predicted octanol–water partition coefficient (Wildman–Crippen LogP) is 3.41. The fourth-order valence-electron chi connectivity index (χ4n) is 4.12. The van der Waals surface area contributed by atoms with Crippen LogP contribution in [0.1, 0.15) is 53.7 Å². The van der Waals surface area contributed by atoms with Gasteiger partial charge in [-0.15, -0.1) is 0 Å². The Morgan fingerprint density at radius 2 is 2.03 bits per heavy atom. The van der Waals surface area contributed by atoms with Crippen molar-refractivity contribution in [3.05, 3.63) is 40.7 Å². The third-order valence-electron chi connectivity index (χ3n) is 5.76. The van der Waals surface area contributed by atoms with Gasteiger partial charge in [0, 0.05) is 44.9 Å². The molecule has 0 spiro atoms. The third-order valence-corrected chi connectivity index (χ3v) is 5.76. The highest BCUT2D eigenvalue weighted by atomic mass is 16.5. The molecule has 0 saturated carbocycles. The van der Waals surface area contributed by atoms with Crippen molar-refractivity contribution in [3.8, 4) is 11.3 Å². The van der Waals surface area contributed by atoms with Crippen molar-refractivity contribution in [3.63, 3.8) is 0 Å². The molecule has 3 aromatic rings. The number of hydrogen-bond donors (Lipinski definition) is 0. The highest BCUT2D eigenvalue weighted by Gasteiger charge is 2.34. The molecule has 0 aliphatic carbocycles. The van der Waals surface area contributed by atoms with E-state index in [1.807, 2.05) is 50.7 Å². The summed E-state index contributed by atoms with van der Waals surface area (Å²) in [5.74, 6) is 2.10. The van der Waals surface area contributed by atoms with E-state index in [2.05, 4.69) is 15.3 Å². The molecule has 1 aliphatic heterocycles. The Balaban J connectivity index is 1.62. The average Bonchev–Trinajstić information content (AvgIpc) is 3.47. The van der Waals surface area contributed by atoms with Gasteiger partial charge >= 0.3 is 0 Å². The number of carbonyl (C=O) groups excluding carboxylic acids is 1. The van der Waals surface area contributed by atoms with Gasteiger partial charge in [0.2, 0.25) is 11.9 Å². The van der Waals surface area contributed by atoms with Crippen LogP contribution in [0.5, 0.6) is 0 Å². The minimum Gasteiger partial charge on any atom is -0.361 e. The second-order valence-corrected chi connectivity index (χ2v) is 8.24. The van der Waals surface area contributed by atoms with Gasteiger partial charge in [0.15, 0.2) is 5.76 Å². The van der Waals surface area contributed by atoms with Crippen LogP contribution in [0.2, 0.25) is 0 Å². The Kier molecular flexibility index (Phi) is 5.75. The quantitative estimate of drug-likeness (QED) is 0.593. The lowest BCUT2D eigenvalue weighted by atomic mass is 10.0. The van der Waals surface area contributed by atoms with Crippen molar-refractivity contribution in [2.24, 2.45) is 0 Å². The van der Waals surface area contributed by atoms with Crippen molar-refractivity contribution in [2.75, 3.05) is 25.5 Å². The van der Waals surface area contributed by atoms with Gasteiger partial charge in [0.1, 0.15) is 5.76 Å². The lowest BCUT2D eigenvalue weighted by Gasteiger charge is -2.26. The van der Waals surface area contributed by atoms with Gasteiger partial charge in [-0.2, -0.15) is 0 Å². The van der Waals surface area contributed by atoms with E-state index in [0.717, 1.165) is 46.8 Å². The molecule has 1 aliphatic rings. The number of aryl methyl sites for hydroxylation is 3. The summed E-state index contributed by atoms with van der Waals surface area (Å²) in [6, 6.07) is 1.75. The molecule has 0 N–H and O–H groups in total. The largest absolute Gasteiger partial charge is 0.361 e. The van der Waals surface area contributed by atoms with Crippen LogP contribution in [-0.4, -0.2) is 51.7 Å². The third kappa shape index (κ3) is 4.17. The molecule has 1 amide bonds. The Morgan fingerprint density at radius 3 is 2.68 bits per heavy atom. The molecule has 164 valence electrons. The van der Waals surface area contributed by atoms with Crippen LogP contribution in [0.3, 0.4) is 0 Å². The second kappa shape index (κ2) is 8.49. The first-order valence-corrected chi connectivity index (χ1v) is 10.5. The summed E-state index contributed by atoms with van der Waals surface area (Å²) in [4.78, 5) is 26.3. The van der Waals surface area contributed by atoms with E-state index in [4.69, 9.17) is 14.0 Å². The topological polar surface area (TPSA) is 101 Å². The van der Waals surface area contributed by atoms with Crippen LogP contribution in [0.4, 0.5) is 5.95 Å². The van der Waals surface area contributed by atoms with Crippen molar-refractivity contribution < 1.29 is 13.8 Å². The number of likely N-dealkylation sites (tertiary alicyclic amines) is 1. The van der Waals surface area contributed by atoms with E-state index < -0.39 is 0 Å². The Hall–Kier alpha value is -3.23. The lowest BCUT2D eigenvalue weighted by molar-refractivity contribution is -0.132. The number of anilines is 1. The summed E-state index contributed by atoms with van der Waals surface area (Å²) >= 11 is 0. The summed E-state index contributed by atoms with van der Waals surface area (Å²) < 4.78 is 10.7. The van der Waals surface area contributed by atoms with Crippen molar-refractivity contribution in [1.82, 2.24) is 25.2 Å². The first-order valence-electron chi connectivity index (χ1n) is 10.5. The number of amides is 1. The van der Waals surface area contributed by atoms with Crippen LogP contribution in [-0.2, 0) is 11.2 Å². The highest BCUT2D eigenvalue weighted by molar-refractivity contribution is 5.78. The maximum Gasteiger partial charge on any atom is 0.225 e. The van der Waals surface area contributed by atoms with Crippen LogP contribution in [0.25, 0.3) is 11.3 Å². The molecule has 1 fully saturated rings. The Labute approximate surface area is 181 Å². The average molecular weight is 425 g/mol. The number of rotatable bonds is 6. The zero-order valence-electron chi connectivity index (χ0n) is 18.7. The molecule has 3 aromatic heterocycles. The van der Waals surface area contributed by atoms with Crippen LogP contribution in [0, 0.1) is 20.8 Å². The van der Waals surface area contributed by atoms with Gasteiger partial charge in [-0.3, -0.25) is 4.79 Å². The lowest BCUT2D eigenvalue weighted by Crippen LogP contribution is -2.32. The number of aromatic nitrogens is 4. The zero-order valence-corrected chi connectivity index (χ0v) is 18.7. The SMILES string of the molecule is Cc1cc(-c2cnc(N(C)C)nc2C2CCCN2C(=O)CCc2c(C)noc2C)on1. The maximum atomic E-state index is 13.2. The van der Waals surface area contributed by atoms with Crippen LogP contribution < -0.4 is 4.90 Å². The molecule has 31 heavy (non-hydrogen) atoms. The molecular formula is C22H28N6O3. The van der Waals surface area contributed by atoms with Crippen molar-refractivity contribution >= 4 is 11.9 Å². The van der Waals surface area contributed by atoms with Crippen molar-refractivity contribution in [1.29, 1.82) is 0 Å². The van der Waals surface area contributed by atoms with Gasteiger partial charge in [-0.25, -0.2) is 9.97 Å². The van der Waals surface area contributed by atoms with Gasteiger partial charge in [-0.05, 0) is 40.0 Å². The monoisotopic (exact) mass is 424 g/mol. The van der Waals surface area contributed by atoms with Gasteiger partial charge in [0.05, 0.1) is 28.7 Å². The molecule has 1 saturated heterocycles. The first-order chi connectivity index (χ1) is 14.8. The fourth-order valence-corrected chi connectivity index (χ4v) is 4.12. The number of carbonyl (C=O) groups is 1. The summed E-state index contributed by atoms with van der Waals surface area (Å²) in [5, 5.41) is 8.00. The standard InChI is InChI=1S/C22H28N6O3/c1-13-11-19(31-25-13)17-12-23-22(27(4)5)24-21(17)18-7-6-10-28(18)20(29)9-8-16-14(2)26-30-15(16)3/h11-12,18H,6-10H2,1-5H3. The van der Waals surface area contributed by atoms with E-state index in [0.29, 0.717) is 31.1 Å². The summed E-state index contributed by atoms with van der Waals surface area (Å²) in [5.41, 5.74) is 4.23. The number of hydrogen-bond acceptors (Lipinski definition) is 8. The molecule has 0 bridgehead atoms. The normalized spacial score (nSPS) is 16.2. The first kappa shape index (κ1) is 21.0.